The maximum Gasteiger partial charge on any atom is 0.247 e. The van der Waals surface area contributed by atoms with E-state index in [4.69, 9.17) is 10.8 Å². The third-order valence-corrected chi connectivity index (χ3v) is 1.96. The average molecular weight is 158 g/mol. The number of nitrogens with two attached hydrogens (primary N) is 1. The molecule has 1 fully saturated rings. The van der Waals surface area contributed by atoms with Crippen molar-refractivity contribution < 1.29 is 9.90 Å². The Morgan fingerprint density at radius 1 is 1.55 bits per heavy atom. The zero-order valence-electron chi connectivity index (χ0n) is 6.49. The molecule has 1 atom stereocenters. The number of hydrogen-bond donors (Lipinski definition) is 2. The van der Waals surface area contributed by atoms with Gasteiger partial charge in [-0.25, -0.2) is 0 Å². The van der Waals surface area contributed by atoms with Crippen molar-refractivity contribution in [3.05, 3.63) is 0 Å². The number of rotatable bonds is 3. The van der Waals surface area contributed by atoms with Crippen LogP contribution in [0.3, 0.4) is 0 Å². The molecular weight excluding hydrogens is 144 g/mol. The molecule has 0 spiro atoms. The fourth-order valence-corrected chi connectivity index (χ4v) is 1.30. The van der Waals surface area contributed by atoms with Gasteiger partial charge in [0, 0.05) is 6.54 Å². The highest BCUT2D eigenvalue weighted by Crippen LogP contribution is 2.07. The van der Waals surface area contributed by atoms with Crippen molar-refractivity contribution in [2.24, 2.45) is 5.73 Å². The van der Waals surface area contributed by atoms with Crippen LogP contribution < -0.4 is 5.73 Å². The van der Waals surface area contributed by atoms with E-state index in [-0.39, 0.29) is 0 Å². The van der Waals surface area contributed by atoms with Crippen molar-refractivity contribution in [2.45, 2.75) is 18.9 Å². The molecule has 64 valence electrons. The van der Waals surface area contributed by atoms with Gasteiger partial charge in [0.15, 0.2) is 0 Å². The zero-order valence-corrected chi connectivity index (χ0v) is 6.49. The third kappa shape index (κ3) is 2.48. The van der Waals surface area contributed by atoms with Crippen LogP contribution in [-0.4, -0.2) is 41.7 Å². The van der Waals surface area contributed by atoms with E-state index in [2.05, 4.69) is 4.90 Å². The third-order valence-electron chi connectivity index (χ3n) is 1.96. The van der Waals surface area contributed by atoms with Crippen LogP contribution in [0.25, 0.3) is 0 Å². The van der Waals surface area contributed by atoms with Gasteiger partial charge in [-0.05, 0) is 25.9 Å². The summed E-state index contributed by atoms with van der Waals surface area (Å²) >= 11 is 0. The lowest BCUT2D eigenvalue weighted by Crippen LogP contribution is -2.38. The summed E-state index contributed by atoms with van der Waals surface area (Å²) in [7, 11) is 0. The lowest BCUT2D eigenvalue weighted by Gasteiger charge is -2.16. The van der Waals surface area contributed by atoms with Gasteiger partial charge in [0.25, 0.3) is 0 Å². The van der Waals surface area contributed by atoms with Crippen molar-refractivity contribution in [1.29, 1.82) is 0 Å². The van der Waals surface area contributed by atoms with Gasteiger partial charge in [-0.3, -0.25) is 4.79 Å². The molecule has 1 unspecified atom stereocenters. The van der Waals surface area contributed by atoms with E-state index in [1.807, 2.05) is 0 Å². The standard InChI is InChI=1S/C7H14N2O2/c8-7(11)6(10)5-9-3-1-2-4-9/h6,10H,1-5H2,(H2,8,11). The molecule has 0 bridgehead atoms. The monoisotopic (exact) mass is 158 g/mol. The second-order valence-electron chi connectivity index (χ2n) is 2.93. The van der Waals surface area contributed by atoms with Gasteiger partial charge in [0.05, 0.1) is 0 Å². The Kier molecular flexibility index (Phi) is 2.84. The number of carbonyl (C=O) groups is 1. The molecular formula is C7H14N2O2. The maximum atomic E-state index is 10.4. The van der Waals surface area contributed by atoms with Crippen LogP contribution in [-0.2, 0) is 4.79 Å². The largest absolute Gasteiger partial charge is 0.382 e. The molecule has 1 amide bonds. The average Bonchev–Trinajstić information content (AvgIpc) is 2.39. The molecule has 0 aromatic rings. The first-order chi connectivity index (χ1) is 5.20. The molecule has 11 heavy (non-hydrogen) atoms. The van der Waals surface area contributed by atoms with E-state index >= 15 is 0 Å². The number of aliphatic hydroxyl groups excluding tert-OH is 1. The lowest BCUT2D eigenvalue weighted by atomic mass is 10.3. The molecule has 3 N–H and O–H groups in total. The Bertz CT molecular complexity index is 143. The summed E-state index contributed by atoms with van der Waals surface area (Å²) in [4.78, 5) is 12.5. The molecule has 1 rings (SSSR count). The van der Waals surface area contributed by atoms with Gasteiger partial charge < -0.3 is 15.7 Å². The minimum atomic E-state index is -0.992. The molecule has 1 saturated heterocycles. The first-order valence-electron chi connectivity index (χ1n) is 3.90. The topological polar surface area (TPSA) is 66.6 Å². The van der Waals surface area contributed by atoms with Crippen molar-refractivity contribution in [3.63, 3.8) is 0 Å². The molecule has 0 aromatic carbocycles. The van der Waals surface area contributed by atoms with Crippen molar-refractivity contribution >= 4 is 5.91 Å². The number of likely N-dealkylation sites (tertiary alicyclic amines) is 1. The van der Waals surface area contributed by atoms with Gasteiger partial charge in [-0.1, -0.05) is 0 Å². The summed E-state index contributed by atoms with van der Waals surface area (Å²) in [6.07, 6.45) is 1.32. The maximum absolute atomic E-state index is 10.4. The first-order valence-corrected chi connectivity index (χ1v) is 3.90. The number of β-amino-alcohol motifs (C(OH)–C–C–N with tert-alkyl or cyclic N) is 1. The number of amides is 1. The Hall–Kier alpha value is -0.610. The van der Waals surface area contributed by atoms with Crippen molar-refractivity contribution in [2.75, 3.05) is 19.6 Å². The van der Waals surface area contributed by atoms with Gasteiger partial charge in [-0.15, -0.1) is 0 Å². The Morgan fingerprint density at radius 3 is 2.55 bits per heavy atom. The molecule has 4 heteroatoms. The Labute approximate surface area is 66.0 Å². The van der Waals surface area contributed by atoms with E-state index in [1.54, 1.807) is 0 Å². The number of nitrogens with zero attached hydrogens (tertiary/aromatic N) is 1. The molecule has 0 aliphatic carbocycles. The van der Waals surface area contributed by atoms with Gasteiger partial charge >= 0.3 is 0 Å². The van der Waals surface area contributed by atoms with E-state index in [9.17, 15) is 4.79 Å². The quantitative estimate of drug-likeness (QED) is 0.549. The molecule has 0 radical (unpaired) electrons. The minimum Gasteiger partial charge on any atom is -0.382 e. The van der Waals surface area contributed by atoms with Crippen LogP contribution in [0.4, 0.5) is 0 Å². The van der Waals surface area contributed by atoms with Gasteiger partial charge in [0.1, 0.15) is 6.10 Å². The van der Waals surface area contributed by atoms with Crippen LogP contribution in [0.1, 0.15) is 12.8 Å². The van der Waals surface area contributed by atoms with E-state index in [0.717, 1.165) is 25.9 Å². The van der Waals surface area contributed by atoms with Crippen molar-refractivity contribution in [1.82, 2.24) is 4.90 Å². The number of carbonyl (C=O) groups excluding carboxylic acids is 1. The normalized spacial score (nSPS) is 21.9. The minimum absolute atomic E-state index is 0.398. The molecule has 1 aliphatic heterocycles. The number of hydrogen-bond acceptors (Lipinski definition) is 3. The molecule has 1 heterocycles. The molecule has 1 aliphatic rings. The lowest BCUT2D eigenvalue weighted by molar-refractivity contribution is -0.126. The number of primary amides is 1. The SMILES string of the molecule is NC(=O)C(O)CN1CCCC1. The van der Waals surface area contributed by atoms with Crippen molar-refractivity contribution in [3.8, 4) is 0 Å². The molecule has 0 saturated carbocycles. The fraction of sp³-hybridized carbons (Fsp3) is 0.857. The fourth-order valence-electron chi connectivity index (χ4n) is 1.30. The molecule has 4 nitrogen and oxygen atoms in total. The molecule has 0 aromatic heterocycles. The van der Waals surface area contributed by atoms with Gasteiger partial charge in [0.2, 0.25) is 5.91 Å². The number of aliphatic hydroxyl groups is 1. The highest BCUT2D eigenvalue weighted by Gasteiger charge is 2.18. The highest BCUT2D eigenvalue weighted by atomic mass is 16.3. The summed E-state index contributed by atoms with van der Waals surface area (Å²) in [6.45, 7) is 2.35. The zero-order chi connectivity index (χ0) is 8.27. The van der Waals surface area contributed by atoms with Crippen LogP contribution >= 0.6 is 0 Å². The van der Waals surface area contributed by atoms with Crippen LogP contribution in [0.5, 0.6) is 0 Å². The van der Waals surface area contributed by atoms with E-state index in [0.29, 0.717) is 6.54 Å². The highest BCUT2D eigenvalue weighted by molar-refractivity contribution is 5.78. The second-order valence-corrected chi connectivity index (χ2v) is 2.93. The Balaban J connectivity index is 2.23. The van der Waals surface area contributed by atoms with Crippen LogP contribution in [0.15, 0.2) is 0 Å². The predicted octanol–water partition coefficient (Wildman–Crippen LogP) is -1.07. The summed E-state index contributed by atoms with van der Waals surface area (Å²) in [5.41, 5.74) is 4.90. The Morgan fingerprint density at radius 2 is 2.09 bits per heavy atom. The first kappa shape index (κ1) is 8.49. The van der Waals surface area contributed by atoms with Gasteiger partial charge in [-0.2, -0.15) is 0 Å². The summed E-state index contributed by atoms with van der Waals surface area (Å²) in [5.74, 6) is -0.628. The van der Waals surface area contributed by atoms with E-state index < -0.39 is 12.0 Å². The van der Waals surface area contributed by atoms with Crippen LogP contribution in [0, 0.1) is 0 Å². The smallest absolute Gasteiger partial charge is 0.247 e. The summed E-state index contributed by atoms with van der Waals surface area (Å²) in [5, 5.41) is 9.07. The second kappa shape index (κ2) is 3.69. The van der Waals surface area contributed by atoms with E-state index in [1.165, 1.54) is 0 Å². The summed E-state index contributed by atoms with van der Waals surface area (Å²) in [6, 6.07) is 0. The predicted molar refractivity (Wildman–Crippen MR) is 40.9 cm³/mol. The van der Waals surface area contributed by atoms with Crippen LogP contribution in [0.2, 0.25) is 0 Å². The summed E-state index contributed by atoms with van der Waals surface area (Å²) < 4.78 is 0.